The molecule has 1 aliphatic heterocycles. The van der Waals surface area contributed by atoms with Gasteiger partial charge in [0.1, 0.15) is 18.0 Å². The summed E-state index contributed by atoms with van der Waals surface area (Å²) in [5.74, 6) is 2.30. The lowest BCUT2D eigenvalue weighted by atomic mass is 9.93. The molecule has 0 bridgehead atoms. The monoisotopic (exact) mass is 510 g/mol. The molecule has 9 nitrogen and oxygen atoms in total. The van der Waals surface area contributed by atoms with Crippen LogP contribution in [0.15, 0.2) is 55.2 Å². The second kappa shape index (κ2) is 11.6. The number of nitrogens with one attached hydrogen (secondary N) is 2. The molecule has 1 atom stereocenters. The molecule has 1 amide bonds. The SMILES string of the molecule is CNC(=O)c1ccnc2c(C(C)CNc3cc(-c4cnc(CC5CCN(C)CC5)nc4)ncn3)cccc12. The number of likely N-dealkylation sites (tertiary alicyclic amines) is 1. The summed E-state index contributed by atoms with van der Waals surface area (Å²) in [6.45, 7) is 5.07. The van der Waals surface area contributed by atoms with Crippen molar-refractivity contribution in [3.63, 3.8) is 0 Å². The maximum Gasteiger partial charge on any atom is 0.251 e. The summed E-state index contributed by atoms with van der Waals surface area (Å²) in [4.78, 5) is 37.4. The van der Waals surface area contributed by atoms with Crippen LogP contribution in [0.25, 0.3) is 22.2 Å². The Labute approximate surface area is 223 Å². The highest BCUT2D eigenvalue weighted by molar-refractivity contribution is 6.06. The van der Waals surface area contributed by atoms with E-state index in [0.717, 1.165) is 58.9 Å². The molecule has 196 valence electrons. The molecule has 0 aliphatic carbocycles. The third-order valence-corrected chi connectivity index (χ3v) is 7.37. The topological polar surface area (TPSA) is 109 Å². The van der Waals surface area contributed by atoms with Gasteiger partial charge in [0.2, 0.25) is 0 Å². The smallest absolute Gasteiger partial charge is 0.251 e. The number of aromatic nitrogens is 5. The molecule has 1 unspecified atom stereocenters. The molecule has 3 aromatic heterocycles. The molecule has 2 N–H and O–H groups in total. The minimum absolute atomic E-state index is 0.118. The van der Waals surface area contributed by atoms with Gasteiger partial charge in [0.05, 0.1) is 16.8 Å². The first-order valence-corrected chi connectivity index (χ1v) is 13.2. The maximum atomic E-state index is 12.3. The largest absolute Gasteiger partial charge is 0.369 e. The predicted octanol–water partition coefficient (Wildman–Crippen LogP) is 3.94. The highest BCUT2D eigenvalue weighted by Gasteiger charge is 2.18. The number of pyridine rings is 1. The first-order chi connectivity index (χ1) is 18.5. The zero-order valence-corrected chi connectivity index (χ0v) is 22.2. The molecule has 38 heavy (non-hydrogen) atoms. The first kappa shape index (κ1) is 25.7. The van der Waals surface area contributed by atoms with Crippen LogP contribution in [0.1, 0.15) is 47.4 Å². The van der Waals surface area contributed by atoms with Crippen molar-refractivity contribution in [2.75, 3.05) is 39.0 Å². The van der Waals surface area contributed by atoms with Gasteiger partial charge in [-0.25, -0.2) is 19.9 Å². The van der Waals surface area contributed by atoms with Crippen molar-refractivity contribution in [3.05, 3.63) is 72.2 Å². The summed E-state index contributed by atoms with van der Waals surface area (Å²) in [6.07, 6.45) is 10.3. The van der Waals surface area contributed by atoms with E-state index in [0.29, 0.717) is 18.0 Å². The molecule has 5 rings (SSSR count). The normalized spacial score (nSPS) is 15.3. The fourth-order valence-electron chi connectivity index (χ4n) is 5.03. The summed E-state index contributed by atoms with van der Waals surface area (Å²) in [5.41, 5.74) is 4.19. The summed E-state index contributed by atoms with van der Waals surface area (Å²) in [7, 11) is 3.82. The Morgan fingerprint density at radius 3 is 2.63 bits per heavy atom. The summed E-state index contributed by atoms with van der Waals surface area (Å²) >= 11 is 0. The van der Waals surface area contributed by atoms with Gasteiger partial charge in [0, 0.05) is 61.5 Å². The van der Waals surface area contributed by atoms with E-state index in [1.54, 1.807) is 25.6 Å². The van der Waals surface area contributed by atoms with Crippen LogP contribution in [0.2, 0.25) is 0 Å². The third kappa shape index (κ3) is 5.78. The average Bonchev–Trinajstić information content (AvgIpc) is 2.96. The van der Waals surface area contributed by atoms with Gasteiger partial charge in [-0.3, -0.25) is 9.78 Å². The van der Waals surface area contributed by atoms with Gasteiger partial charge >= 0.3 is 0 Å². The molecule has 4 aromatic rings. The zero-order valence-electron chi connectivity index (χ0n) is 22.2. The first-order valence-electron chi connectivity index (χ1n) is 13.2. The van der Waals surface area contributed by atoms with E-state index in [2.05, 4.69) is 60.5 Å². The highest BCUT2D eigenvalue weighted by atomic mass is 16.1. The van der Waals surface area contributed by atoms with Crippen molar-refractivity contribution >= 4 is 22.6 Å². The molecular formula is C29H34N8O. The van der Waals surface area contributed by atoms with Gasteiger partial charge in [0.15, 0.2) is 0 Å². The van der Waals surface area contributed by atoms with Crippen LogP contribution in [0, 0.1) is 5.92 Å². The summed E-state index contributed by atoms with van der Waals surface area (Å²) in [5, 5.41) is 6.99. The molecule has 1 saturated heterocycles. The van der Waals surface area contributed by atoms with Crippen LogP contribution in [-0.4, -0.2) is 69.5 Å². The van der Waals surface area contributed by atoms with Gasteiger partial charge in [-0.05, 0) is 50.5 Å². The lowest BCUT2D eigenvalue weighted by molar-refractivity contribution is 0.0964. The van der Waals surface area contributed by atoms with Crippen molar-refractivity contribution in [3.8, 4) is 11.3 Å². The lowest BCUT2D eigenvalue weighted by Crippen LogP contribution is -2.31. The van der Waals surface area contributed by atoms with Crippen LogP contribution in [0.4, 0.5) is 5.82 Å². The Balaban J connectivity index is 1.25. The van der Waals surface area contributed by atoms with Crippen LogP contribution in [0.5, 0.6) is 0 Å². The Morgan fingerprint density at radius 1 is 1.08 bits per heavy atom. The molecule has 1 aromatic carbocycles. The van der Waals surface area contributed by atoms with Crippen LogP contribution < -0.4 is 10.6 Å². The van der Waals surface area contributed by atoms with E-state index in [9.17, 15) is 4.79 Å². The molecular weight excluding hydrogens is 476 g/mol. The fourth-order valence-corrected chi connectivity index (χ4v) is 5.03. The number of carbonyl (C=O) groups excluding carboxylic acids is 1. The van der Waals surface area contributed by atoms with E-state index in [1.807, 2.05) is 30.6 Å². The number of para-hydroxylation sites is 1. The number of benzene rings is 1. The van der Waals surface area contributed by atoms with E-state index in [1.165, 1.54) is 12.8 Å². The van der Waals surface area contributed by atoms with Gasteiger partial charge < -0.3 is 15.5 Å². The number of hydrogen-bond donors (Lipinski definition) is 2. The number of rotatable bonds is 8. The van der Waals surface area contributed by atoms with Crippen molar-refractivity contribution < 1.29 is 4.79 Å². The third-order valence-electron chi connectivity index (χ3n) is 7.37. The summed E-state index contributed by atoms with van der Waals surface area (Å²) in [6, 6.07) is 9.65. The summed E-state index contributed by atoms with van der Waals surface area (Å²) < 4.78 is 0. The average molecular weight is 511 g/mol. The lowest BCUT2D eigenvalue weighted by Gasteiger charge is -2.28. The van der Waals surface area contributed by atoms with Gasteiger partial charge in [0.25, 0.3) is 5.91 Å². The Morgan fingerprint density at radius 2 is 1.87 bits per heavy atom. The number of amides is 1. The quantitative estimate of drug-likeness (QED) is 0.367. The van der Waals surface area contributed by atoms with E-state index >= 15 is 0 Å². The Kier molecular flexibility index (Phi) is 7.83. The number of nitrogens with zero attached hydrogens (tertiary/aromatic N) is 6. The van der Waals surface area contributed by atoms with Gasteiger partial charge in [-0.1, -0.05) is 25.1 Å². The van der Waals surface area contributed by atoms with Crippen LogP contribution in [-0.2, 0) is 6.42 Å². The molecule has 0 radical (unpaired) electrons. The predicted molar refractivity (Wildman–Crippen MR) is 149 cm³/mol. The number of hydrogen-bond acceptors (Lipinski definition) is 8. The minimum atomic E-state index is -0.118. The minimum Gasteiger partial charge on any atom is -0.369 e. The second-order valence-electron chi connectivity index (χ2n) is 10.1. The maximum absolute atomic E-state index is 12.3. The number of piperidine rings is 1. The standard InChI is InChI=1S/C29H34N8O/c1-19(22-5-4-6-23-24(29(38)30-2)7-10-31-28(22)23)15-32-27-14-25(35-18-36-27)21-16-33-26(34-17-21)13-20-8-11-37(3)12-9-20/h4-7,10,14,16-20H,8-9,11-13,15H2,1-3H3,(H,30,38)(H,32,35,36). The second-order valence-corrected chi connectivity index (χ2v) is 10.1. The molecule has 1 aliphatic rings. The van der Waals surface area contributed by atoms with E-state index in [4.69, 9.17) is 0 Å². The fraction of sp³-hybridized carbons (Fsp3) is 0.379. The molecule has 0 spiro atoms. The van der Waals surface area contributed by atoms with Gasteiger partial charge in [-0.15, -0.1) is 0 Å². The van der Waals surface area contributed by atoms with Crippen molar-refractivity contribution in [2.45, 2.75) is 32.1 Å². The van der Waals surface area contributed by atoms with Crippen molar-refractivity contribution in [2.24, 2.45) is 5.92 Å². The molecule has 1 fully saturated rings. The number of fused-ring (bicyclic) bond motifs is 1. The van der Waals surface area contributed by atoms with Crippen molar-refractivity contribution in [1.82, 2.24) is 35.1 Å². The Hall–Kier alpha value is -3.98. The van der Waals surface area contributed by atoms with Crippen LogP contribution >= 0.6 is 0 Å². The highest BCUT2D eigenvalue weighted by Crippen LogP contribution is 2.27. The van der Waals surface area contributed by atoms with E-state index in [-0.39, 0.29) is 11.8 Å². The molecule has 0 saturated carbocycles. The van der Waals surface area contributed by atoms with E-state index < -0.39 is 0 Å². The van der Waals surface area contributed by atoms with Gasteiger partial charge in [-0.2, -0.15) is 0 Å². The number of anilines is 1. The Bertz CT molecular complexity index is 1400. The molecule has 9 heteroatoms. The zero-order chi connectivity index (χ0) is 26.5. The van der Waals surface area contributed by atoms with Crippen LogP contribution in [0.3, 0.4) is 0 Å². The van der Waals surface area contributed by atoms with Crippen molar-refractivity contribution in [1.29, 1.82) is 0 Å². The molecule has 4 heterocycles. The number of carbonyl (C=O) groups is 1.